The molecule has 0 radical (unpaired) electrons. The van der Waals surface area contributed by atoms with Crippen LogP contribution in [0.1, 0.15) is 11.1 Å². The molecule has 158 valence electrons. The van der Waals surface area contributed by atoms with Gasteiger partial charge in [0.2, 0.25) is 6.79 Å². The Labute approximate surface area is 184 Å². The summed E-state index contributed by atoms with van der Waals surface area (Å²) in [5.74, 6) is 1.78. The van der Waals surface area contributed by atoms with Gasteiger partial charge in [-0.1, -0.05) is 35.9 Å². The van der Waals surface area contributed by atoms with Crippen LogP contribution in [0.3, 0.4) is 0 Å². The van der Waals surface area contributed by atoms with Gasteiger partial charge in [-0.25, -0.2) is 5.43 Å². The highest BCUT2D eigenvalue weighted by Crippen LogP contribution is 2.34. The number of nitrogens with one attached hydrogen (secondary N) is 2. The summed E-state index contributed by atoms with van der Waals surface area (Å²) in [5, 5.41) is 7.71. The van der Waals surface area contributed by atoms with Gasteiger partial charge in [0, 0.05) is 16.8 Å². The van der Waals surface area contributed by atoms with Crippen molar-refractivity contribution in [3.05, 3.63) is 82.9 Å². The van der Waals surface area contributed by atoms with Gasteiger partial charge < -0.3 is 19.5 Å². The van der Waals surface area contributed by atoms with Crippen LogP contribution < -0.4 is 25.0 Å². The van der Waals surface area contributed by atoms with Crippen molar-refractivity contribution >= 4 is 29.4 Å². The van der Waals surface area contributed by atoms with E-state index in [2.05, 4.69) is 15.8 Å². The number of halogens is 1. The Morgan fingerprint density at radius 1 is 1.06 bits per heavy atom. The first-order valence-electron chi connectivity index (χ1n) is 9.58. The molecule has 1 aliphatic rings. The maximum absolute atomic E-state index is 12.0. The SMILES string of the molecule is O=C(CNc1ccc2c(c1)OCO2)N/N=C\c1cccc(OCc2ccc(Cl)cc2)c1. The van der Waals surface area contributed by atoms with Crippen LogP contribution in [-0.2, 0) is 11.4 Å². The van der Waals surface area contributed by atoms with E-state index in [0.29, 0.717) is 28.9 Å². The number of fused-ring (bicyclic) bond motifs is 1. The second-order valence-corrected chi connectivity index (χ2v) is 7.14. The van der Waals surface area contributed by atoms with E-state index in [1.165, 1.54) is 0 Å². The maximum atomic E-state index is 12.0. The molecule has 0 aromatic heterocycles. The molecule has 3 aromatic carbocycles. The number of hydrogen-bond donors (Lipinski definition) is 2. The highest BCUT2D eigenvalue weighted by molar-refractivity contribution is 6.30. The number of ether oxygens (including phenoxy) is 3. The molecule has 0 saturated carbocycles. The van der Waals surface area contributed by atoms with Crippen molar-refractivity contribution in [1.29, 1.82) is 0 Å². The Kier molecular flexibility index (Phi) is 6.54. The second kappa shape index (κ2) is 9.86. The van der Waals surface area contributed by atoms with E-state index in [9.17, 15) is 4.79 Å². The summed E-state index contributed by atoms with van der Waals surface area (Å²) in [4.78, 5) is 12.0. The Morgan fingerprint density at radius 3 is 2.77 bits per heavy atom. The molecule has 1 heterocycles. The lowest BCUT2D eigenvalue weighted by Crippen LogP contribution is -2.25. The van der Waals surface area contributed by atoms with E-state index >= 15 is 0 Å². The fraction of sp³-hybridized carbons (Fsp3) is 0.130. The van der Waals surface area contributed by atoms with Crippen LogP contribution >= 0.6 is 11.6 Å². The molecule has 0 fully saturated rings. The van der Waals surface area contributed by atoms with Crippen LogP contribution in [0.4, 0.5) is 5.69 Å². The van der Waals surface area contributed by atoms with E-state index in [-0.39, 0.29) is 19.2 Å². The summed E-state index contributed by atoms with van der Waals surface area (Å²) in [7, 11) is 0. The molecule has 0 bridgehead atoms. The van der Waals surface area contributed by atoms with Crippen LogP contribution in [0.25, 0.3) is 0 Å². The average molecular weight is 438 g/mol. The Morgan fingerprint density at radius 2 is 1.90 bits per heavy atom. The van der Waals surface area contributed by atoms with Gasteiger partial charge in [-0.05, 0) is 47.5 Å². The minimum atomic E-state index is -0.274. The molecule has 1 aliphatic heterocycles. The quantitative estimate of drug-likeness (QED) is 0.407. The van der Waals surface area contributed by atoms with Gasteiger partial charge in [0.15, 0.2) is 11.5 Å². The zero-order valence-electron chi connectivity index (χ0n) is 16.5. The summed E-state index contributed by atoms with van der Waals surface area (Å²) in [5.41, 5.74) is 5.08. The highest BCUT2D eigenvalue weighted by atomic mass is 35.5. The number of nitrogens with zero attached hydrogens (tertiary/aromatic N) is 1. The molecular weight excluding hydrogens is 418 g/mol. The molecule has 3 aromatic rings. The lowest BCUT2D eigenvalue weighted by atomic mass is 10.2. The molecule has 0 spiro atoms. The van der Waals surface area contributed by atoms with Gasteiger partial charge >= 0.3 is 0 Å². The van der Waals surface area contributed by atoms with E-state index in [1.54, 1.807) is 18.3 Å². The van der Waals surface area contributed by atoms with Crippen LogP contribution in [0, 0.1) is 0 Å². The largest absolute Gasteiger partial charge is 0.489 e. The second-order valence-electron chi connectivity index (χ2n) is 6.70. The summed E-state index contributed by atoms with van der Waals surface area (Å²) < 4.78 is 16.4. The molecule has 0 atom stereocenters. The Hall–Kier alpha value is -3.71. The van der Waals surface area contributed by atoms with Crippen LogP contribution in [-0.4, -0.2) is 25.5 Å². The van der Waals surface area contributed by atoms with Crippen LogP contribution in [0.5, 0.6) is 17.2 Å². The topological polar surface area (TPSA) is 81.2 Å². The smallest absolute Gasteiger partial charge is 0.259 e. The van der Waals surface area contributed by atoms with Gasteiger partial charge in [-0.2, -0.15) is 5.10 Å². The first-order valence-corrected chi connectivity index (χ1v) is 9.96. The third kappa shape index (κ3) is 5.90. The number of anilines is 1. The predicted octanol–water partition coefficient (Wildman–Crippen LogP) is 4.21. The Balaban J connectivity index is 1.24. The van der Waals surface area contributed by atoms with Crippen molar-refractivity contribution < 1.29 is 19.0 Å². The van der Waals surface area contributed by atoms with Crippen molar-refractivity contribution in [2.75, 3.05) is 18.7 Å². The number of hydrogen-bond acceptors (Lipinski definition) is 6. The number of carbonyl (C=O) groups excluding carboxylic acids is 1. The summed E-state index contributed by atoms with van der Waals surface area (Å²) in [6.07, 6.45) is 1.56. The lowest BCUT2D eigenvalue weighted by molar-refractivity contribution is -0.119. The van der Waals surface area contributed by atoms with E-state index < -0.39 is 0 Å². The minimum absolute atomic E-state index is 0.0707. The zero-order chi connectivity index (χ0) is 21.5. The third-order valence-electron chi connectivity index (χ3n) is 4.41. The highest BCUT2D eigenvalue weighted by Gasteiger charge is 2.13. The molecule has 7 nitrogen and oxygen atoms in total. The van der Waals surface area contributed by atoms with E-state index in [4.69, 9.17) is 25.8 Å². The minimum Gasteiger partial charge on any atom is -0.489 e. The lowest BCUT2D eigenvalue weighted by Gasteiger charge is -2.07. The zero-order valence-corrected chi connectivity index (χ0v) is 17.3. The van der Waals surface area contributed by atoms with Gasteiger partial charge in [-0.15, -0.1) is 0 Å². The Bertz CT molecular complexity index is 1090. The molecule has 4 rings (SSSR count). The monoisotopic (exact) mass is 437 g/mol. The first kappa shape index (κ1) is 20.6. The van der Waals surface area contributed by atoms with Crippen molar-refractivity contribution in [2.24, 2.45) is 5.10 Å². The van der Waals surface area contributed by atoms with Crippen molar-refractivity contribution in [3.63, 3.8) is 0 Å². The number of hydrazone groups is 1. The molecule has 8 heteroatoms. The fourth-order valence-corrected chi connectivity index (χ4v) is 2.97. The van der Waals surface area contributed by atoms with Gasteiger partial charge in [-0.3, -0.25) is 4.79 Å². The van der Waals surface area contributed by atoms with E-state index in [1.807, 2.05) is 54.6 Å². The molecule has 0 saturated heterocycles. The normalized spacial score (nSPS) is 12.0. The van der Waals surface area contributed by atoms with Gasteiger partial charge in [0.1, 0.15) is 12.4 Å². The van der Waals surface area contributed by atoms with Gasteiger partial charge in [0.25, 0.3) is 5.91 Å². The number of amides is 1. The van der Waals surface area contributed by atoms with Crippen LogP contribution in [0.15, 0.2) is 71.8 Å². The molecule has 31 heavy (non-hydrogen) atoms. The number of carbonyl (C=O) groups is 1. The number of benzene rings is 3. The summed E-state index contributed by atoms with van der Waals surface area (Å²) >= 11 is 5.89. The van der Waals surface area contributed by atoms with Crippen molar-refractivity contribution in [3.8, 4) is 17.2 Å². The molecule has 2 N–H and O–H groups in total. The molecule has 0 aliphatic carbocycles. The van der Waals surface area contributed by atoms with Crippen molar-refractivity contribution in [1.82, 2.24) is 5.43 Å². The third-order valence-corrected chi connectivity index (χ3v) is 4.66. The maximum Gasteiger partial charge on any atom is 0.259 e. The predicted molar refractivity (Wildman–Crippen MR) is 119 cm³/mol. The average Bonchev–Trinajstić information content (AvgIpc) is 3.26. The van der Waals surface area contributed by atoms with Crippen LogP contribution in [0.2, 0.25) is 5.02 Å². The standard InChI is InChI=1S/C23H20ClN3O4/c24-18-6-4-16(5-7-18)14-29-20-3-1-2-17(10-20)12-26-27-23(28)13-25-19-8-9-21-22(11-19)31-15-30-21/h1-12,25H,13-15H2,(H,27,28)/b26-12-. The van der Waals surface area contributed by atoms with Gasteiger partial charge in [0.05, 0.1) is 12.8 Å². The number of rotatable bonds is 8. The summed E-state index contributed by atoms with van der Waals surface area (Å²) in [6, 6.07) is 20.3. The first-order chi connectivity index (χ1) is 15.2. The fourth-order valence-electron chi connectivity index (χ4n) is 2.84. The molecule has 0 unspecified atom stereocenters. The molecular formula is C23H20ClN3O4. The van der Waals surface area contributed by atoms with E-state index in [0.717, 1.165) is 16.8 Å². The molecule has 1 amide bonds. The van der Waals surface area contributed by atoms with Crippen molar-refractivity contribution in [2.45, 2.75) is 6.61 Å². The summed E-state index contributed by atoms with van der Waals surface area (Å²) in [6.45, 7) is 0.711.